The number of rotatable bonds is 5. The third kappa shape index (κ3) is 5.03. The van der Waals surface area contributed by atoms with Crippen molar-refractivity contribution in [2.45, 2.75) is 12.7 Å². The fourth-order valence-corrected chi connectivity index (χ4v) is 2.03. The number of esters is 1. The van der Waals surface area contributed by atoms with Crippen LogP contribution in [0.25, 0.3) is 0 Å². The third-order valence-electron chi connectivity index (χ3n) is 3.23. The molecule has 8 heteroatoms. The fraction of sp³-hybridized carbons (Fsp3) is 0.176. The van der Waals surface area contributed by atoms with Crippen molar-refractivity contribution < 1.29 is 31.9 Å². The van der Waals surface area contributed by atoms with Gasteiger partial charge in [0.2, 0.25) is 0 Å². The van der Waals surface area contributed by atoms with Gasteiger partial charge < -0.3 is 10.1 Å². The highest BCUT2D eigenvalue weighted by Crippen LogP contribution is 2.31. The van der Waals surface area contributed by atoms with E-state index in [-0.39, 0.29) is 17.7 Å². The largest absolute Gasteiger partial charge is 0.452 e. The Morgan fingerprint density at radius 2 is 1.64 bits per heavy atom. The van der Waals surface area contributed by atoms with Gasteiger partial charge >= 0.3 is 12.1 Å². The van der Waals surface area contributed by atoms with Gasteiger partial charge in [-0.25, -0.2) is 9.18 Å². The molecular formula is C17H13F4NO3. The molecular weight excluding hydrogens is 342 g/mol. The summed E-state index contributed by atoms with van der Waals surface area (Å²) in [5, 5.41) is 2.22. The van der Waals surface area contributed by atoms with Crippen LogP contribution in [-0.4, -0.2) is 18.5 Å². The molecule has 0 radical (unpaired) electrons. The summed E-state index contributed by atoms with van der Waals surface area (Å²) >= 11 is 0. The molecule has 25 heavy (non-hydrogen) atoms. The van der Waals surface area contributed by atoms with Gasteiger partial charge in [-0.15, -0.1) is 0 Å². The maximum absolute atomic E-state index is 13.4. The van der Waals surface area contributed by atoms with Crippen LogP contribution >= 0.6 is 0 Å². The van der Waals surface area contributed by atoms with Crippen LogP contribution in [0.2, 0.25) is 0 Å². The van der Waals surface area contributed by atoms with Gasteiger partial charge in [0.05, 0.1) is 11.1 Å². The Morgan fingerprint density at radius 1 is 1.00 bits per heavy atom. The highest BCUT2D eigenvalue weighted by Gasteiger charge is 2.32. The Hall–Kier alpha value is -2.90. The molecule has 0 atom stereocenters. The molecule has 0 saturated heterocycles. The second-order valence-electron chi connectivity index (χ2n) is 4.99. The zero-order valence-corrected chi connectivity index (χ0v) is 12.8. The molecule has 0 saturated carbocycles. The first kappa shape index (κ1) is 18.4. The smallest absolute Gasteiger partial charge is 0.416 e. The van der Waals surface area contributed by atoms with Crippen molar-refractivity contribution >= 4 is 11.9 Å². The number of ether oxygens (including phenoxy) is 1. The molecule has 2 aromatic rings. The molecule has 0 unspecified atom stereocenters. The lowest BCUT2D eigenvalue weighted by molar-refractivity contribution is -0.138. The first-order chi connectivity index (χ1) is 11.8. The molecule has 0 heterocycles. The summed E-state index contributed by atoms with van der Waals surface area (Å²) in [7, 11) is 0. The number of carbonyl (C=O) groups is 2. The van der Waals surface area contributed by atoms with Crippen molar-refractivity contribution in [3.05, 3.63) is 71.0 Å². The molecule has 2 aromatic carbocycles. The van der Waals surface area contributed by atoms with Crippen LogP contribution in [0.15, 0.2) is 48.5 Å². The Balaban J connectivity index is 1.90. The zero-order chi connectivity index (χ0) is 18.4. The van der Waals surface area contributed by atoms with Crippen molar-refractivity contribution in [3.63, 3.8) is 0 Å². The molecule has 4 nitrogen and oxygen atoms in total. The lowest BCUT2D eigenvalue weighted by Gasteiger charge is -2.13. The summed E-state index contributed by atoms with van der Waals surface area (Å²) in [6, 6.07) is 9.85. The maximum Gasteiger partial charge on any atom is 0.416 e. The summed E-state index contributed by atoms with van der Waals surface area (Å²) in [4.78, 5) is 23.3. The van der Waals surface area contributed by atoms with Crippen molar-refractivity contribution in [1.82, 2.24) is 5.32 Å². The number of nitrogens with one attached hydrogen (secondary N) is 1. The quantitative estimate of drug-likeness (QED) is 0.661. The predicted molar refractivity (Wildman–Crippen MR) is 80.0 cm³/mol. The predicted octanol–water partition coefficient (Wildman–Crippen LogP) is 3.32. The fourth-order valence-electron chi connectivity index (χ4n) is 2.03. The third-order valence-corrected chi connectivity index (χ3v) is 3.23. The average Bonchev–Trinajstić information content (AvgIpc) is 2.57. The second-order valence-corrected chi connectivity index (χ2v) is 4.99. The summed E-state index contributed by atoms with van der Waals surface area (Å²) < 4.78 is 56.5. The highest BCUT2D eigenvalue weighted by molar-refractivity contribution is 5.91. The second kappa shape index (κ2) is 7.78. The van der Waals surface area contributed by atoms with E-state index < -0.39 is 36.0 Å². The van der Waals surface area contributed by atoms with E-state index in [1.54, 1.807) is 0 Å². The van der Waals surface area contributed by atoms with E-state index in [4.69, 9.17) is 0 Å². The van der Waals surface area contributed by atoms with Crippen LogP contribution in [-0.2, 0) is 22.3 Å². The number of hydrogen-bond donors (Lipinski definition) is 1. The van der Waals surface area contributed by atoms with Gasteiger partial charge in [0.1, 0.15) is 5.82 Å². The van der Waals surface area contributed by atoms with Crippen LogP contribution in [0.5, 0.6) is 0 Å². The number of hydrogen-bond acceptors (Lipinski definition) is 3. The van der Waals surface area contributed by atoms with E-state index in [0.29, 0.717) is 0 Å². The van der Waals surface area contributed by atoms with Crippen molar-refractivity contribution in [2.75, 3.05) is 6.61 Å². The molecule has 0 bridgehead atoms. The Morgan fingerprint density at radius 3 is 2.32 bits per heavy atom. The minimum Gasteiger partial charge on any atom is -0.452 e. The lowest BCUT2D eigenvalue weighted by Crippen LogP contribution is -2.29. The molecule has 0 fully saturated rings. The van der Waals surface area contributed by atoms with E-state index >= 15 is 0 Å². The zero-order valence-electron chi connectivity index (χ0n) is 12.8. The summed E-state index contributed by atoms with van der Waals surface area (Å²) in [5.41, 5.74) is -1.32. The Labute approximate surface area is 140 Å². The topological polar surface area (TPSA) is 55.4 Å². The minimum absolute atomic E-state index is 0.121. The molecule has 0 aromatic heterocycles. The summed E-state index contributed by atoms with van der Waals surface area (Å²) in [5.74, 6) is -2.64. The van der Waals surface area contributed by atoms with Crippen LogP contribution in [0.4, 0.5) is 17.6 Å². The van der Waals surface area contributed by atoms with Gasteiger partial charge in [-0.05, 0) is 23.8 Å². The standard InChI is InChI=1S/C17H13F4NO3/c18-14-8-4-2-6-12(14)16(24)25-10-15(23)22-9-11-5-1-3-7-13(11)17(19,20)21/h1-8H,9-10H2,(H,22,23). The molecule has 2 rings (SSSR count). The first-order valence-electron chi connectivity index (χ1n) is 7.12. The molecule has 0 aliphatic rings. The number of alkyl halides is 3. The molecule has 0 aliphatic heterocycles. The van der Waals surface area contributed by atoms with Gasteiger partial charge in [-0.1, -0.05) is 30.3 Å². The van der Waals surface area contributed by atoms with Crippen LogP contribution in [0.1, 0.15) is 21.5 Å². The van der Waals surface area contributed by atoms with Gasteiger partial charge in [-0.2, -0.15) is 13.2 Å². The minimum atomic E-state index is -4.54. The van der Waals surface area contributed by atoms with E-state index in [1.165, 1.54) is 36.4 Å². The van der Waals surface area contributed by atoms with Gasteiger partial charge in [-0.3, -0.25) is 4.79 Å². The molecule has 0 aliphatic carbocycles. The molecule has 1 amide bonds. The van der Waals surface area contributed by atoms with Crippen molar-refractivity contribution in [2.24, 2.45) is 0 Å². The molecule has 1 N–H and O–H groups in total. The monoisotopic (exact) mass is 355 g/mol. The van der Waals surface area contributed by atoms with E-state index in [0.717, 1.165) is 12.1 Å². The Kier molecular flexibility index (Phi) is 5.74. The van der Waals surface area contributed by atoms with Crippen LogP contribution in [0, 0.1) is 5.82 Å². The SMILES string of the molecule is O=C(COC(=O)c1ccccc1F)NCc1ccccc1C(F)(F)F. The van der Waals surface area contributed by atoms with E-state index in [9.17, 15) is 27.2 Å². The number of benzene rings is 2. The first-order valence-corrected chi connectivity index (χ1v) is 7.12. The van der Waals surface area contributed by atoms with E-state index in [2.05, 4.69) is 10.1 Å². The van der Waals surface area contributed by atoms with Gasteiger partial charge in [0.25, 0.3) is 5.91 Å². The average molecular weight is 355 g/mol. The Bertz CT molecular complexity index is 774. The van der Waals surface area contributed by atoms with Crippen molar-refractivity contribution in [3.8, 4) is 0 Å². The maximum atomic E-state index is 13.4. The normalized spacial score (nSPS) is 11.0. The van der Waals surface area contributed by atoms with Crippen molar-refractivity contribution in [1.29, 1.82) is 0 Å². The van der Waals surface area contributed by atoms with Crippen LogP contribution < -0.4 is 5.32 Å². The molecule has 132 valence electrons. The number of amides is 1. The number of carbonyl (C=O) groups excluding carboxylic acids is 2. The van der Waals surface area contributed by atoms with Crippen LogP contribution in [0.3, 0.4) is 0 Å². The van der Waals surface area contributed by atoms with E-state index in [1.807, 2.05) is 0 Å². The summed E-state index contributed by atoms with van der Waals surface area (Å²) in [6.07, 6.45) is -4.54. The molecule has 0 spiro atoms. The number of halogens is 4. The van der Waals surface area contributed by atoms with Gasteiger partial charge in [0.15, 0.2) is 6.61 Å². The summed E-state index contributed by atoms with van der Waals surface area (Å²) in [6.45, 7) is -1.12. The van der Waals surface area contributed by atoms with Gasteiger partial charge in [0, 0.05) is 6.54 Å². The highest BCUT2D eigenvalue weighted by atomic mass is 19.4. The lowest BCUT2D eigenvalue weighted by atomic mass is 10.1.